The van der Waals surface area contributed by atoms with Crippen LogP contribution < -0.4 is 5.32 Å². The molecule has 2 N–H and O–H groups in total. The number of carboxylic acid groups (broad SMARTS) is 1. The van der Waals surface area contributed by atoms with Crippen molar-refractivity contribution in [1.29, 1.82) is 0 Å². The molecule has 6 heteroatoms. The second-order valence-corrected chi connectivity index (χ2v) is 4.37. The predicted molar refractivity (Wildman–Crippen MR) is 64.2 cm³/mol. The molecule has 6 nitrogen and oxygen atoms in total. The highest BCUT2D eigenvalue weighted by molar-refractivity contribution is 5.89. The Morgan fingerprint density at radius 2 is 2.39 bits per heavy atom. The van der Waals surface area contributed by atoms with Crippen LogP contribution in [0, 0.1) is 0 Å². The molecule has 102 valence electrons. The summed E-state index contributed by atoms with van der Waals surface area (Å²) in [6.07, 6.45) is 2.91. The zero-order chi connectivity index (χ0) is 13.6. The Hall–Kier alpha value is -1.40. The van der Waals surface area contributed by atoms with Crippen LogP contribution >= 0.6 is 0 Å². The Morgan fingerprint density at radius 1 is 1.67 bits per heavy atom. The summed E-state index contributed by atoms with van der Waals surface area (Å²) in [4.78, 5) is 22.9. The number of amides is 1. The minimum Gasteiger partial charge on any atom is -0.480 e. The maximum atomic E-state index is 11.9. The molecular formula is C12H19NO5. The zero-order valence-electron chi connectivity index (χ0n) is 10.5. The van der Waals surface area contributed by atoms with Gasteiger partial charge in [-0.3, -0.25) is 4.79 Å². The number of hydrogen-bond donors (Lipinski definition) is 2. The molecule has 2 atom stereocenters. The van der Waals surface area contributed by atoms with Crippen LogP contribution in [-0.2, 0) is 19.1 Å². The third-order valence-electron chi connectivity index (χ3n) is 2.82. The normalized spacial score (nSPS) is 24.5. The van der Waals surface area contributed by atoms with Crippen LogP contribution in [0.15, 0.2) is 12.7 Å². The van der Waals surface area contributed by atoms with E-state index in [1.807, 2.05) is 0 Å². The number of ether oxygens (including phenoxy) is 2. The summed E-state index contributed by atoms with van der Waals surface area (Å²) in [5, 5.41) is 11.4. The monoisotopic (exact) mass is 257 g/mol. The van der Waals surface area contributed by atoms with Gasteiger partial charge in [0.25, 0.3) is 5.91 Å². The van der Waals surface area contributed by atoms with E-state index in [1.165, 1.54) is 6.08 Å². The standard InChI is InChI=1S/C12H19NO5/c1-3-6-17-8-9(10(14)15)13-11(16)12(2)5-4-7-18-12/h3,9H,1,4-8H2,2H3,(H,13,16)(H,14,15). The molecule has 1 amide bonds. The Balaban J connectivity index is 2.52. The van der Waals surface area contributed by atoms with E-state index in [0.717, 1.165) is 6.42 Å². The van der Waals surface area contributed by atoms with Crippen molar-refractivity contribution in [2.24, 2.45) is 0 Å². The number of rotatable bonds is 7. The van der Waals surface area contributed by atoms with Gasteiger partial charge in [0.15, 0.2) is 6.04 Å². The van der Waals surface area contributed by atoms with Crippen molar-refractivity contribution < 1.29 is 24.2 Å². The van der Waals surface area contributed by atoms with Gasteiger partial charge in [0, 0.05) is 6.61 Å². The minimum atomic E-state index is -1.13. The highest BCUT2D eigenvalue weighted by atomic mass is 16.5. The van der Waals surface area contributed by atoms with Gasteiger partial charge >= 0.3 is 5.97 Å². The first-order valence-electron chi connectivity index (χ1n) is 5.86. The fourth-order valence-electron chi connectivity index (χ4n) is 1.71. The van der Waals surface area contributed by atoms with Crippen molar-refractivity contribution in [2.45, 2.75) is 31.4 Å². The van der Waals surface area contributed by atoms with Crippen molar-refractivity contribution >= 4 is 11.9 Å². The number of carbonyl (C=O) groups excluding carboxylic acids is 1. The fourth-order valence-corrected chi connectivity index (χ4v) is 1.71. The summed E-state index contributed by atoms with van der Waals surface area (Å²) in [6, 6.07) is -1.07. The van der Waals surface area contributed by atoms with Gasteiger partial charge in [0.1, 0.15) is 5.60 Å². The molecule has 2 unspecified atom stereocenters. The van der Waals surface area contributed by atoms with Gasteiger partial charge in [-0.1, -0.05) is 6.08 Å². The maximum absolute atomic E-state index is 11.9. The van der Waals surface area contributed by atoms with E-state index < -0.39 is 23.5 Å². The molecule has 1 fully saturated rings. The summed E-state index contributed by atoms with van der Waals surface area (Å²) < 4.78 is 10.4. The van der Waals surface area contributed by atoms with E-state index in [-0.39, 0.29) is 13.2 Å². The molecule has 1 aliphatic heterocycles. The molecule has 0 bridgehead atoms. The zero-order valence-corrected chi connectivity index (χ0v) is 10.5. The minimum absolute atomic E-state index is 0.0941. The first-order valence-corrected chi connectivity index (χ1v) is 5.86. The lowest BCUT2D eigenvalue weighted by Gasteiger charge is -2.24. The third-order valence-corrected chi connectivity index (χ3v) is 2.82. The second-order valence-electron chi connectivity index (χ2n) is 4.37. The molecule has 0 spiro atoms. The van der Waals surface area contributed by atoms with E-state index in [2.05, 4.69) is 11.9 Å². The van der Waals surface area contributed by atoms with Gasteiger partial charge in [0.2, 0.25) is 0 Å². The predicted octanol–water partition coefficient (Wildman–Crippen LogP) is 0.327. The van der Waals surface area contributed by atoms with Crippen molar-refractivity contribution in [3.8, 4) is 0 Å². The Labute approximate surface area is 106 Å². The number of carbonyl (C=O) groups is 2. The molecule has 0 saturated carbocycles. The van der Waals surface area contributed by atoms with E-state index in [4.69, 9.17) is 14.6 Å². The first kappa shape index (κ1) is 14.7. The van der Waals surface area contributed by atoms with Gasteiger partial charge in [-0.15, -0.1) is 6.58 Å². The topological polar surface area (TPSA) is 84.9 Å². The average molecular weight is 257 g/mol. The van der Waals surface area contributed by atoms with Crippen LogP contribution in [0.25, 0.3) is 0 Å². The number of aliphatic carboxylic acids is 1. The first-order chi connectivity index (χ1) is 8.49. The molecular weight excluding hydrogens is 238 g/mol. The van der Waals surface area contributed by atoms with Gasteiger partial charge in [-0.25, -0.2) is 4.79 Å². The van der Waals surface area contributed by atoms with Gasteiger partial charge in [-0.05, 0) is 19.8 Å². The molecule has 0 radical (unpaired) electrons. The average Bonchev–Trinajstić information content (AvgIpc) is 2.76. The number of carboxylic acids is 1. The fraction of sp³-hybridized carbons (Fsp3) is 0.667. The quantitative estimate of drug-likeness (QED) is 0.507. The van der Waals surface area contributed by atoms with Crippen LogP contribution in [0.1, 0.15) is 19.8 Å². The lowest BCUT2D eigenvalue weighted by Crippen LogP contribution is -2.52. The van der Waals surface area contributed by atoms with E-state index in [1.54, 1.807) is 6.92 Å². The summed E-state index contributed by atoms with van der Waals surface area (Å²) in [5.74, 6) is -1.54. The van der Waals surface area contributed by atoms with Crippen LogP contribution in [0.5, 0.6) is 0 Å². The van der Waals surface area contributed by atoms with Crippen molar-refractivity contribution in [1.82, 2.24) is 5.32 Å². The SMILES string of the molecule is C=CCOCC(NC(=O)C1(C)CCCO1)C(=O)O. The summed E-state index contributed by atoms with van der Waals surface area (Å²) >= 11 is 0. The van der Waals surface area contributed by atoms with E-state index in [0.29, 0.717) is 13.0 Å². The lowest BCUT2D eigenvalue weighted by atomic mass is 10.0. The Kier molecular flexibility index (Phi) is 5.30. The van der Waals surface area contributed by atoms with Crippen LogP contribution in [0.3, 0.4) is 0 Å². The van der Waals surface area contributed by atoms with Crippen LogP contribution in [0.2, 0.25) is 0 Å². The van der Waals surface area contributed by atoms with Crippen molar-refractivity contribution in [2.75, 3.05) is 19.8 Å². The summed E-state index contributed by atoms with van der Waals surface area (Å²) in [5.41, 5.74) is -0.924. The molecule has 0 aromatic rings. The second kappa shape index (κ2) is 6.51. The highest BCUT2D eigenvalue weighted by Crippen LogP contribution is 2.25. The van der Waals surface area contributed by atoms with Gasteiger partial charge in [0.05, 0.1) is 13.2 Å². The van der Waals surface area contributed by atoms with Gasteiger partial charge < -0.3 is 19.9 Å². The van der Waals surface area contributed by atoms with Crippen molar-refractivity contribution in [3.63, 3.8) is 0 Å². The van der Waals surface area contributed by atoms with E-state index in [9.17, 15) is 9.59 Å². The molecule has 0 aromatic carbocycles. The van der Waals surface area contributed by atoms with Gasteiger partial charge in [-0.2, -0.15) is 0 Å². The lowest BCUT2D eigenvalue weighted by molar-refractivity contribution is -0.148. The molecule has 0 aromatic heterocycles. The van der Waals surface area contributed by atoms with Crippen molar-refractivity contribution in [3.05, 3.63) is 12.7 Å². The molecule has 1 aliphatic rings. The largest absolute Gasteiger partial charge is 0.480 e. The number of hydrogen-bond acceptors (Lipinski definition) is 4. The Morgan fingerprint density at radius 3 is 2.89 bits per heavy atom. The third kappa shape index (κ3) is 3.82. The summed E-state index contributed by atoms with van der Waals surface area (Å²) in [7, 11) is 0. The summed E-state index contributed by atoms with van der Waals surface area (Å²) in [6.45, 7) is 5.79. The van der Waals surface area contributed by atoms with E-state index >= 15 is 0 Å². The molecule has 1 rings (SSSR count). The van der Waals surface area contributed by atoms with Crippen LogP contribution in [-0.4, -0.2) is 48.4 Å². The maximum Gasteiger partial charge on any atom is 0.328 e. The smallest absolute Gasteiger partial charge is 0.328 e. The van der Waals surface area contributed by atoms with Crippen LogP contribution in [0.4, 0.5) is 0 Å². The highest BCUT2D eigenvalue weighted by Gasteiger charge is 2.39. The number of nitrogens with one attached hydrogen (secondary N) is 1. The molecule has 1 saturated heterocycles. The molecule has 18 heavy (non-hydrogen) atoms. The molecule has 1 heterocycles. The Bertz CT molecular complexity index is 322. The molecule has 0 aliphatic carbocycles.